The van der Waals surface area contributed by atoms with Gasteiger partial charge in [-0.25, -0.2) is 0 Å². The minimum Gasteiger partial charge on any atom is -0.294 e. The minimum absolute atomic E-state index is 0.0101. The third kappa shape index (κ3) is 4.00. The number of alkyl halides is 3. The Bertz CT molecular complexity index is 456. The molecule has 2 rings (SSSR count). The predicted molar refractivity (Wildman–Crippen MR) is 70.3 cm³/mol. The molecule has 0 aromatic heterocycles. The second kappa shape index (κ2) is 5.99. The molecular formula is C14H15F3OS. The summed E-state index contributed by atoms with van der Waals surface area (Å²) in [4.78, 5) is 12.3. The molecule has 0 fully saturated rings. The van der Waals surface area contributed by atoms with E-state index in [9.17, 15) is 18.0 Å². The molecule has 104 valence electrons. The van der Waals surface area contributed by atoms with Gasteiger partial charge in [-0.1, -0.05) is 36.0 Å². The van der Waals surface area contributed by atoms with Gasteiger partial charge in [-0.3, -0.25) is 4.79 Å². The lowest BCUT2D eigenvalue weighted by atomic mass is 9.93. The molecule has 1 aliphatic carbocycles. The molecule has 1 aromatic carbocycles. The molecular weight excluding hydrogens is 273 g/mol. The van der Waals surface area contributed by atoms with Crippen molar-refractivity contribution in [2.24, 2.45) is 5.92 Å². The van der Waals surface area contributed by atoms with Gasteiger partial charge >= 0.3 is 5.51 Å². The summed E-state index contributed by atoms with van der Waals surface area (Å²) in [7, 11) is 0. The highest BCUT2D eigenvalue weighted by Crippen LogP contribution is 2.33. The highest BCUT2D eigenvalue weighted by Gasteiger charge is 2.30. The summed E-state index contributed by atoms with van der Waals surface area (Å²) in [6.45, 7) is 0. The fourth-order valence-corrected chi connectivity index (χ4v) is 3.09. The van der Waals surface area contributed by atoms with Gasteiger partial charge in [-0.2, -0.15) is 13.2 Å². The van der Waals surface area contributed by atoms with E-state index in [1.54, 1.807) is 6.07 Å². The van der Waals surface area contributed by atoms with E-state index in [-0.39, 0.29) is 29.2 Å². The Hall–Kier alpha value is -0.970. The molecule has 1 aliphatic rings. The number of rotatable bonds is 3. The molecule has 0 amide bonds. The predicted octanol–water partition coefficient (Wildman–Crippen LogP) is 4.46. The zero-order chi connectivity index (χ0) is 13.9. The van der Waals surface area contributed by atoms with E-state index in [0.717, 1.165) is 18.4 Å². The number of aryl methyl sites for hydroxylation is 1. The standard InChI is InChI=1S/C14H15F3OS/c15-14(16,17)19-9-8-11-6-3-5-10-4-1-2-7-12(10)13(11)18/h1-2,4,7,11H,3,5-6,8-9H2. The molecule has 1 nitrogen and oxygen atoms in total. The van der Waals surface area contributed by atoms with Gasteiger partial charge in [-0.05, 0) is 31.2 Å². The minimum atomic E-state index is -4.20. The van der Waals surface area contributed by atoms with Gasteiger partial charge in [0.25, 0.3) is 0 Å². The molecule has 0 saturated carbocycles. The van der Waals surface area contributed by atoms with E-state index in [1.807, 2.05) is 18.2 Å². The summed E-state index contributed by atoms with van der Waals surface area (Å²) in [6, 6.07) is 7.42. The Morgan fingerprint density at radius 1 is 1.26 bits per heavy atom. The number of hydrogen-bond donors (Lipinski definition) is 0. The van der Waals surface area contributed by atoms with Crippen molar-refractivity contribution in [1.82, 2.24) is 0 Å². The number of halogens is 3. The van der Waals surface area contributed by atoms with Gasteiger partial charge in [0.1, 0.15) is 0 Å². The Kier molecular flexibility index (Phi) is 4.55. The summed E-state index contributed by atoms with van der Waals surface area (Å²) in [5, 5.41) is 0. The van der Waals surface area contributed by atoms with Gasteiger partial charge in [0, 0.05) is 17.2 Å². The summed E-state index contributed by atoms with van der Waals surface area (Å²) >= 11 is -0.0349. The zero-order valence-electron chi connectivity index (χ0n) is 10.4. The first-order valence-corrected chi connectivity index (χ1v) is 7.29. The third-order valence-electron chi connectivity index (χ3n) is 3.38. The van der Waals surface area contributed by atoms with Crippen LogP contribution in [0.25, 0.3) is 0 Å². The number of thioether (sulfide) groups is 1. The van der Waals surface area contributed by atoms with Crippen molar-refractivity contribution in [3.63, 3.8) is 0 Å². The van der Waals surface area contributed by atoms with Crippen LogP contribution in [-0.2, 0) is 6.42 Å². The topological polar surface area (TPSA) is 17.1 Å². The third-order valence-corrected chi connectivity index (χ3v) is 4.15. The fourth-order valence-electron chi connectivity index (χ4n) is 2.46. The number of carbonyl (C=O) groups excluding carboxylic acids is 1. The normalized spacial score (nSPS) is 19.9. The maximum absolute atomic E-state index is 12.3. The first-order valence-electron chi connectivity index (χ1n) is 6.30. The first kappa shape index (κ1) is 14.4. The van der Waals surface area contributed by atoms with Crippen molar-refractivity contribution in [3.8, 4) is 0 Å². The molecule has 0 N–H and O–H groups in total. The Morgan fingerprint density at radius 3 is 2.74 bits per heavy atom. The second-order valence-electron chi connectivity index (χ2n) is 4.69. The van der Waals surface area contributed by atoms with Crippen molar-refractivity contribution < 1.29 is 18.0 Å². The number of Topliss-reactive ketones (excluding diaryl/α,β-unsaturated/α-hetero) is 1. The molecule has 0 spiro atoms. The van der Waals surface area contributed by atoms with Gasteiger partial charge in [0.2, 0.25) is 0 Å². The van der Waals surface area contributed by atoms with E-state index in [4.69, 9.17) is 0 Å². The van der Waals surface area contributed by atoms with Crippen molar-refractivity contribution >= 4 is 17.5 Å². The smallest absolute Gasteiger partial charge is 0.294 e. The lowest BCUT2D eigenvalue weighted by Gasteiger charge is -2.14. The average molecular weight is 288 g/mol. The van der Waals surface area contributed by atoms with Crippen LogP contribution in [0.5, 0.6) is 0 Å². The number of benzene rings is 1. The van der Waals surface area contributed by atoms with Crippen LogP contribution < -0.4 is 0 Å². The molecule has 0 aliphatic heterocycles. The van der Waals surface area contributed by atoms with Gasteiger partial charge in [0.05, 0.1) is 0 Å². The molecule has 0 radical (unpaired) electrons. The Balaban J connectivity index is 2.01. The van der Waals surface area contributed by atoms with Crippen LogP contribution in [0, 0.1) is 5.92 Å². The van der Waals surface area contributed by atoms with Gasteiger partial charge < -0.3 is 0 Å². The quantitative estimate of drug-likeness (QED) is 0.764. The molecule has 19 heavy (non-hydrogen) atoms. The molecule has 0 bridgehead atoms. The number of ketones is 1. The van der Waals surface area contributed by atoms with Crippen molar-refractivity contribution in [2.75, 3.05) is 5.75 Å². The van der Waals surface area contributed by atoms with E-state index in [1.165, 1.54) is 0 Å². The highest BCUT2D eigenvalue weighted by molar-refractivity contribution is 8.00. The lowest BCUT2D eigenvalue weighted by Crippen LogP contribution is -2.16. The zero-order valence-corrected chi connectivity index (χ0v) is 11.2. The SMILES string of the molecule is O=C1c2ccccc2CCCC1CCSC(F)(F)F. The van der Waals surface area contributed by atoms with E-state index < -0.39 is 5.51 Å². The van der Waals surface area contributed by atoms with Crippen LogP contribution in [0.3, 0.4) is 0 Å². The van der Waals surface area contributed by atoms with Gasteiger partial charge in [-0.15, -0.1) is 0 Å². The van der Waals surface area contributed by atoms with Crippen LogP contribution in [0.2, 0.25) is 0 Å². The highest BCUT2D eigenvalue weighted by atomic mass is 32.2. The summed E-state index contributed by atoms with van der Waals surface area (Å²) in [6.07, 6.45) is 2.69. The average Bonchev–Trinajstić information content (AvgIpc) is 2.49. The van der Waals surface area contributed by atoms with Crippen LogP contribution in [-0.4, -0.2) is 17.0 Å². The molecule has 5 heteroatoms. The molecule has 0 heterocycles. The maximum atomic E-state index is 12.3. The van der Waals surface area contributed by atoms with Crippen LogP contribution in [0.4, 0.5) is 13.2 Å². The summed E-state index contributed by atoms with van der Waals surface area (Å²) < 4.78 is 36.3. The van der Waals surface area contributed by atoms with E-state index in [0.29, 0.717) is 18.4 Å². The molecule has 1 unspecified atom stereocenters. The first-order chi connectivity index (χ1) is 8.97. The molecule has 1 aromatic rings. The number of fused-ring (bicyclic) bond motifs is 1. The van der Waals surface area contributed by atoms with Crippen molar-refractivity contribution in [2.45, 2.75) is 31.2 Å². The number of hydrogen-bond acceptors (Lipinski definition) is 2. The van der Waals surface area contributed by atoms with E-state index in [2.05, 4.69) is 0 Å². The largest absolute Gasteiger partial charge is 0.441 e. The van der Waals surface area contributed by atoms with Crippen LogP contribution in [0.1, 0.15) is 35.2 Å². The second-order valence-corrected chi connectivity index (χ2v) is 5.85. The summed E-state index contributed by atoms with van der Waals surface area (Å²) in [5.41, 5.74) is -2.48. The molecule has 1 atom stereocenters. The lowest BCUT2D eigenvalue weighted by molar-refractivity contribution is -0.0328. The Labute approximate surface area is 114 Å². The number of carbonyl (C=O) groups is 1. The van der Waals surface area contributed by atoms with E-state index >= 15 is 0 Å². The maximum Gasteiger partial charge on any atom is 0.441 e. The molecule has 0 saturated heterocycles. The fraction of sp³-hybridized carbons (Fsp3) is 0.500. The monoisotopic (exact) mass is 288 g/mol. The van der Waals surface area contributed by atoms with Crippen LogP contribution >= 0.6 is 11.8 Å². The Morgan fingerprint density at radius 2 is 2.00 bits per heavy atom. The van der Waals surface area contributed by atoms with Crippen molar-refractivity contribution in [3.05, 3.63) is 35.4 Å². The van der Waals surface area contributed by atoms with Gasteiger partial charge in [0.15, 0.2) is 5.78 Å². The van der Waals surface area contributed by atoms with Crippen LogP contribution in [0.15, 0.2) is 24.3 Å². The summed E-state index contributed by atoms with van der Waals surface area (Å²) in [5.74, 6) is -0.295. The van der Waals surface area contributed by atoms with Crippen molar-refractivity contribution in [1.29, 1.82) is 0 Å².